The Labute approximate surface area is 116 Å². The Morgan fingerprint density at radius 2 is 2.30 bits per heavy atom. The number of nitrogens with zero attached hydrogens (tertiary/aromatic N) is 4. The van der Waals surface area contributed by atoms with E-state index in [2.05, 4.69) is 30.5 Å². The number of nitrogens with two attached hydrogens (primary N) is 1. The molecule has 3 rings (SSSR count). The predicted octanol–water partition coefficient (Wildman–Crippen LogP) is 0.380. The third-order valence-electron chi connectivity index (χ3n) is 3.76. The summed E-state index contributed by atoms with van der Waals surface area (Å²) in [7, 11) is 0. The van der Waals surface area contributed by atoms with E-state index in [1.54, 1.807) is 6.20 Å². The molecule has 8 nitrogen and oxygen atoms in total. The minimum atomic E-state index is 0.171. The molecule has 8 heteroatoms. The second-order valence-electron chi connectivity index (χ2n) is 5.00. The molecule has 5 N–H and O–H groups in total. The maximum absolute atomic E-state index is 9.10. The molecule has 0 unspecified atom stereocenters. The summed E-state index contributed by atoms with van der Waals surface area (Å²) in [5.74, 6) is 6.63. The van der Waals surface area contributed by atoms with Crippen molar-refractivity contribution in [2.24, 2.45) is 5.84 Å². The van der Waals surface area contributed by atoms with E-state index in [0.29, 0.717) is 24.1 Å². The highest BCUT2D eigenvalue weighted by Gasteiger charge is 2.27. The zero-order valence-electron chi connectivity index (χ0n) is 11.2. The van der Waals surface area contributed by atoms with Crippen molar-refractivity contribution in [2.45, 2.75) is 31.7 Å². The summed E-state index contributed by atoms with van der Waals surface area (Å²) in [5.41, 5.74) is 3.15. The van der Waals surface area contributed by atoms with Crippen LogP contribution in [0.3, 0.4) is 0 Å². The van der Waals surface area contributed by atoms with E-state index in [9.17, 15) is 0 Å². The van der Waals surface area contributed by atoms with Crippen molar-refractivity contribution in [3.05, 3.63) is 6.20 Å². The van der Waals surface area contributed by atoms with Gasteiger partial charge in [0.2, 0.25) is 5.95 Å². The first kappa shape index (κ1) is 13.1. The van der Waals surface area contributed by atoms with Crippen LogP contribution in [-0.2, 0) is 0 Å². The molecule has 2 aromatic heterocycles. The van der Waals surface area contributed by atoms with E-state index in [0.717, 1.165) is 30.6 Å². The molecule has 2 aromatic rings. The second-order valence-corrected chi connectivity index (χ2v) is 5.00. The Kier molecular flexibility index (Phi) is 3.66. The number of hydrazine groups is 1. The van der Waals surface area contributed by atoms with Crippen molar-refractivity contribution < 1.29 is 5.11 Å². The number of hydrogen-bond acceptors (Lipinski definition) is 7. The lowest BCUT2D eigenvalue weighted by atomic mass is 9.91. The molecule has 20 heavy (non-hydrogen) atoms. The Bertz CT molecular complexity index is 580. The van der Waals surface area contributed by atoms with Crippen molar-refractivity contribution >= 4 is 22.8 Å². The van der Waals surface area contributed by atoms with Crippen LogP contribution in [0.1, 0.15) is 25.7 Å². The largest absolute Gasteiger partial charge is 0.396 e. The number of aliphatic hydroxyl groups excluding tert-OH is 1. The van der Waals surface area contributed by atoms with Gasteiger partial charge in [0.15, 0.2) is 5.65 Å². The lowest BCUT2D eigenvalue weighted by Gasteiger charge is -2.38. The molecule has 0 radical (unpaired) electrons. The Morgan fingerprint density at radius 3 is 2.95 bits per heavy atom. The first-order valence-electron chi connectivity index (χ1n) is 6.88. The van der Waals surface area contributed by atoms with Crippen LogP contribution in [0.4, 0.5) is 11.8 Å². The fraction of sp³-hybridized carbons (Fsp3) is 0.583. The number of aromatic nitrogens is 4. The van der Waals surface area contributed by atoms with Crippen LogP contribution in [0.15, 0.2) is 6.20 Å². The second kappa shape index (κ2) is 5.59. The van der Waals surface area contributed by atoms with Crippen molar-refractivity contribution in [3.63, 3.8) is 0 Å². The van der Waals surface area contributed by atoms with Crippen LogP contribution < -0.4 is 16.2 Å². The van der Waals surface area contributed by atoms with Crippen LogP contribution in [0.25, 0.3) is 11.0 Å². The molecule has 0 bridgehead atoms. The predicted molar refractivity (Wildman–Crippen MR) is 76.2 cm³/mol. The molecular weight excluding hydrogens is 258 g/mol. The van der Waals surface area contributed by atoms with Crippen LogP contribution >= 0.6 is 0 Å². The average molecular weight is 277 g/mol. The molecule has 1 aliphatic carbocycles. The fourth-order valence-corrected chi connectivity index (χ4v) is 2.50. The van der Waals surface area contributed by atoms with Gasteiger partial charge < -0.3 is 10.0 Å². The van der Waals surface area contributed by atoms with Crippen LogP contribution in [0.2, 0.25) is 0 Å². The average Bonchev–Trinajstić information content (AvgIpc) is 2.88. The van der Waals surface area contributed by atoms with Gasteiger partial charge in [0.1, 0.15) is 5.82 Å². The van der Waals surface area contributed by atoms with Gasteiger partial charge in [0, 0.05) is 19.2 Å². The third-order valence-corrected chi connectivity index (χ3v) is 3.76. The SMILES string of the molecule is NNc1nc(N(CCCO)C2CCC2)c2cn[nH]c2n1. The van der Waals surface area contributed by atoms with Crippen molar-refractivity contribution in [3.8, 4) is 0 Å². The number of rotatable bonds is 6. The number of hydrogen-bond donors (Lipinski definition) is 4. The number of aliphatic hydroxyl groups is 1. The highest BCUT2D eigenvalue weighted by atomic mass is 16.3. The Morgan fingerprint density at radius 1 is 1.45 bits per heavy atom. The highest BCUT2D eigenvalue weighted by Crippen LogP contribution is 2.32. The minimum Gasteiger partial charge on any atom is -0.396 e. The zero-order chi connectivity index (χ0) is 13.9. The molecule has 1 saturated carbocycles. The maximum Gasteiger partial charge on any atom is 0.241 e. The standard InChI is InChI=1S/C12H19N7O/c13-17-12-15-10-9(7-14-18-10)11(16-12)19(5-2-6-20)8-3-1-4-8/h7-8,20H,1-6,13H2,(H2,14,15,16,17,18). The van der Waals surface area contributed by atoms with Gasteiger partial charge in [-0.25, -0.2) is 5.84 Å². The number of anilines is 2. The van der Waals surface area contributed by atoms with Gasteiger partial charge in [-0.1, -0.05) is 0 Å². The number of fused-ring (bicyclic) bond motifs is 1. The molecule has 1 fully saturated rings. The van der Waals surface area contributed by atoms with Gasteiger partial charge >= 0.3 is 0 Å². The monoisotopic (exact) mass is 277 g/mol. The minimum absolute atomic E-state index is 0.171. The topological polar surface area (TPSA) is 116 Å². The Balaban J connectivity index is 2.01. The molecule has 2 heterocycles. The molecule has 0 saturated heterocycles. The number of H-pyrrole nitrogens is 1. The highest BCUT2D eigenvalue weighted by molar-refractivity contribution is 5.87. The van der Waals surface area contributed by atoms with Crippen molar-refractivity contribution in [2.75, 3.05) is 23.5 Å². The molecule has 0 spiro atoms. The van der Waals surface area contributed by atoms with Gasteiger partial charge in [-0.3, -0.25) is 10.5 Å². The molecule has 1 aliphatic rings. The van der Waals surface area contributed by atoms with E-state index < -0.39 is 0 Å². The third kappa shape index (κ3) is 2.27. The van der Waals surface area contributed by atoms with Crippen LogP contribution in [-0.4, -0.2) is 44.5 Å². The molecule has 108 valence electrons. The Hall–Kier alpha value is -1.93. The van der Waals surface area contributed by atoms with Gasteiger partial charge in [-0.15, -0.1) is 0 Å². The molecule has 0 amide bonds. The molecular formula is C12H19N7O. The summed E-state index contributed by atoms with van der Waals surface area (Å²) in [5, 5.41) is 16.9. The number of aromatic amines is 1. The summed E-state index contributed by atoms with van der Waals surface area (Å²) >= 11 is 0. The lowest BCUT2D eigenvalue weighted by molar-refractivity contribution is 0.282. The maximum atomic E-state index is 9.10. The number of nitrogens with one attached hydrogen (secondary N) is 2. The van der Waals surface area contributed by atoms with Gasteiger partial charge in [0.05, 0.1) is 11.6 Å². The molecule has 0 atom stereocenters. The zero-order valence-corrected chi connectivity index (χ0v) is 11.2. The first-order valence-corrected chi connectivity index (χ1v) is 6.88. The van der Waals surface area contributed by atoms with Gasteiger partial charge in [-0.2, -0.15) is 15.1 Å². The van der Waals surface area contributed by atoms with E-state index in [-0.39, 0.29) is 6.61 Å². The quantitative estimate of drug-likeness (QED) is 0.445. The number of nitrogen functional groups attached to an aromatic ring is 1. The van der Waals surface area contributed by atoms with E-state index in [1.807, 2.05) is 0 Å². The van der Waals surface area contributed by atoms with Crippen LogP contribution in [0, 0.1) is 0 Å². The normalized spacial score (nSPS) is 15.3. The van der Waals surface area contributed by atoms with E-state index in [4.69, 9.17) is 10.9 Å². The molecule has 0 aromatic carbocycles. The lowest BCUT2D eigenvalue weighted by Crippen LogP contribution is -2.42. The summed E-state index contributed by atoms with van der Waals surface area (Å²) in [6.07, 6.45) is 5.99. The summed E-state index contributed by atoms with van der Waals surface area (Å²) in [6, 6.07) is 0.472. The summed E-state index contributed by atoms with van der Waals surface area (Å²) < 4.78 is 0. The summed E-state index contributed by atoms with van der Waals surface area (Å²) in [4.78, 5) is 11.0. The van der Waals surface area contributed by atoms with Gasteiger partial charge in [-0.05, 0) is 25.7 Å². The van der Waals surface area contributed by atoms with E-state index in [1.165, 1.54) is 6.42 Å². The first-order chi connectivity index (χ1) is 9.83. The van der Waals surface area contributed by atoms with Crippen molar-refractivity contribution in [1.29, 1.82) is 0 Å². The summed E-state index contributed by atoms with van der Waals surface area (Å²) in [6.45, 7) is 0.938. The van der Waals surface area contributed by atoms with E-state index >= 15 is 0 Å². The van der Waals surface area contributed by atoms with Crippen LogP contribution in [0.5, 0.6) is 0 Å². The smallest absolute Gasteiger partial charge is 0.241 e. The van der Waals surface area contributed by atoms with Gasteiger partial charge in [0.25, 0.3) is 0 Å². The molecule has 0 aliphatic heterocycles. The fourth-order valence-electron chi connectivity index (χ4n) is 2.50. The van der Waals surface area contributed by atoms with Crippen molar-refractivity contribution in [1.82, 2.24) is 20.2 Å².